The number of hydrogen-bond acceptors (Lipinski definition) is 4. The van der Waals surface area contributed by atoms with E-state index in [0.29, 0.717) is 12.7 Å². The van der Waals surface area contributed by atoms with Gasteiger partial charge in [0.2, 0.25) is 0 Å². The van der Waals surface area contributed by atoms with E-state index in [1.54, 1.807) is 0 Å². The van der Waals surface area contributed by atoms with Gasteiger partial charge in [-0.05, 0) is 18.6 Å². The first-order valence-corrected chi connectivity index (χ1v) is 7.03. The average molecular weight is 260 g/mol. The Hall–Kier alpha value is -1.43. The van der Waals surface area contributed by atoms with E-state index in [1.807, 2.05) is 0 Å². The van der Waals surface area contributed by atoms with Gasteiger partial charge in [-0.3, -0.25) is 4.79 Å². The standard InChI is InChI=1S/C11H13FO4S/c1-17(14,15)4-2-3-16-11-6-9(8-13)5-10(12)7-11/h5-8H,2-4H2,1H3. The Balaban J connectivity index is 2.52. The average Bonchev–Trinajstić information content (AvgIpc) is 2.22. The molecular formula is C11H13FO4S. The normalized spacial score (nSPS) is 11.2. The number of carbonyl (C=O) groups is 1. The minimum atomic E-state index is -3.01. The van der Waals surface area contributed by atoms with Gasteiger partial charge in [0.1, 0.15) is 27.7 Å². The number of ether oxygens (including phenoxy) is 1. The molecule has 0 aromatic heterocycles. The number of hydrogen-bond donors (Lipinski definition) is 0. The number of sulfone groups is 1. The molecule has 0 fully saturated rings. The van der Waals surface area contributed by atoms with Crippen LogP contribution in [0.15, 0.2) is 18.2 Å². The largest absolute Gasteiger partial charge is 0.493 e. The van der Waals surface area contributed by atoms with Gasteiger partial charge in [-0.2, -0.15) is 0 Å². The molecule has 17 heavy (non-hydrogen) atoms. The van der Waals surface area contributed by atoms with E-state index in [1.165, 1.54) is 6.07 Å². The summed E-state index contributed by atoms with van der Waals surface area (Å²) >= 11 is 0. The monoisotopic (exact) mass is 260 g/mol. The van der Waals surface area contributed by atoms with Crippen LogP contribution in [0.1, 0.15) is 16.8 Å². The zero-order chi connectivity index (χ0) is 12.9. The van der Waals surface area contributed by atoms with Crippen LogP contribution in [0.4, 0.5) is 4.39 Å². The molecule has 0 bridgehead atoms. The van der Waals surface area contributed by atoms with E-state index < -0.39 is 15.7 Å². The van der Waals surface area contributed by atoms with Gasteiger partial charge < -0.3 is 4.74 Å². The van der Waals surface area contributed by atoms with Crippen LogP contribution in [0, 0.1) is 5.82 Å². The molecule has 94 valence electrons. The summed E-state index contributed by atoms with van der Waals surface area (Å²) < 4.78 is 39.8. The van der Waals surface area contributed by atoms with E-state index in [4.69, 9.17) is 4.74 Å². The van der Waals surface area contributed by atoms with Crippen LogP contribution in [0.3, 0.4) is 0 Å². The number of halogens is 1. The second-order valence-corrected chi connectivity index (χ2v) is 5.93. The van der Waals surface area contributed by atoms with Gasteiger partial charge in [-0.1, -0.05) is 0 Å². The van der Waals surface area contributed by atoms with Crippen LogP contribution in [0.2, 0.25) is 0 Å². The van der Waals surface area contributed by atoms with Crippen LogP contribution in [-0.2, 0) is 9.84 Å². The lowest BCUT2D eigenvalue weighted by atomic mass is 10.2. The molecule has 0 unspecified atom stereocenters. The number of aldehydes is 1. The molecule has 0 saturated heterocycles. The van der Waals surface area contributed by atoms with E-state index in [2.05, 4.69) is 0 Å². The molecule has 6 heteroatoms. The molecule has 0 heterocycles. The zero-order valence-corrected chi connectivity index (χ0v) is 10.2. The predicted octanol–water partition coefficient (Wildman–Crippen LogP) is 1.45. The van der Waals surface area contributed by atoms with Crippen molar-refractivity contribution in [2.24, 2.45) is 0 Å². The Morgan fingerprint density at radius 2 is 2.06 bits per heavy atom. The Labute approximate surface area is 99.3 Å². The van der Waals surface area contributed by atoms with Gasteiger partial charge in [0.05, 0.1) is 12.4 Å². The Morgan fingerprint density at radius 1 is 1.35 bits per heavy atom. The maximum absolute atomic E-state index is 13.0. The molecular weight excluding hydrogens is 247 g/mol. The van der Waals surface area contributed by atoms with Crippen molar-refractivity contribution in [3.63, 3.8) is 0 Å². The molecule has 0 spiro atoms. The van der Waals surface area contributed by atoms with Crippen LogP contribution in [0.25, 0.3) is 0 Å². The van der Waals surface area contributed by atoms with Gasteiger partial charge in [-0.25, -0.2) is 12.8 Å². The summed E-state index contributed by atoms with van der Waals surface area (Å²) in [4.78, 5) is 10.5. The number of benzene rings is 1. The first kappa shape index (κ1) is 13.6. The summed E-state index contributed by atoms with van der Waals surface area (Å²) in [5.74, 6) is -0.323. The van der Waals surface area contributed by atoms with Gasteiger partial charge in [-0.15, -0.1) is 0 Å². The third kappa shape index (κ3) is 5.44. The molecule has 4 nitrogen and oxygen atoms in total. The Kier molecular flexibility index (Phi) is 4.62. The maximum Gasteiger partial charge on any atom is 0.150 e. The first-order valence-electron chi connectivity index (χ1n) is 4.97. The molecule has 1 aromatic rings. The van der Waals surface area contributed by atoms with Crippen molar-refractivity contribution >= 4 is 16.1 Å². The molecule has 0 aliphatic heterocycles. The van der Waals surface area contributed by atoms with Gasteiger partial charge >= 0.3 is 0 Å². The van der Waals surface area contributed by atoms with Crippen molar-refractivity contribution in [2.45, 2.75) is 6.42 Å². The summed E-state index contributed by atoms with van der Waals surface area (Å²) in [6, 6.07) is 3.64. The molecule has 0 N–H and O–H groups in total. The van der Waals surface area contributed by atoms with Crippen LogP contribution < -0.4 is 4.74 Å². The van der Waals surface area contributed by atoms with Crippen LogP contribution in [0.5, 0.6) is 5.75 Å². The fourth-order valence-electron chi connectivity index (χ4n) is 1.25. The molecule has 1 rings (SSSR count). The van der Waals surface area contributed by atoms with Crippen molar-refractivity contribution in [1.29, 1.82) is 0 Å². The fourth-order valence-corrected chi connectivity index (χ4v) is 1.89. The summed E-state index contributed by atoms with van der Waals surface area (Å²) in [6.07, 6.45) is 1.98. The lowest BCUT2D eigenvalue weighted by molar-refractivity contribution is 0.112. The van der Waals surface area contributed by atoms with Gasteiger partial charge in [0.15, 0.2) is 0 Å². The Bertz CT molecular complexity index is 496. The highest BCUT2D eigenvalue weighted by atomic mass is 32.2. The maximum atomic E-state index is 13.0. The van der Waals surface area contributed by atoms with E-state index >= 15 is 0 Å². The highest BCUT2D eigenvalue weighted by Crippen LogP contribution is 2.15. The van der Waals surface area contributed by atoms with E-state index in [-0.39, 0.29) is 23.7 Å². The fraction of sp³-hybridized carbons (Fsp3) is 0.364. The summed E-state index contributed by atoms with van der Waals surface area (Å²) in [5.41, 5.74) is 0.183. The highest BCUT2D eigenvalue weighted by molar-refractivity contribution is 7.90. The summed E-state index contributed by atoms with van der Waals surface area (Å²) in [7, 11) is -3.01. The molecule has 0 radical (unpaired) electrons. The quantitative estimate of drug-likeness (QED) is 0.574. The topological polar surface area (TPSA) is 60.4 Å². The third-order valence-corrected chi connectivity index (χ3v) is 2.99. The lowest BCUT2D eigenvalue weighted by Gasteiger charge is -2.06. The molecule has 1 aromatic carbocycles. The summed E-state index contributed by atoms with van der Waals surface area (Å²) in [6.45, 7) is 0.162. The van der Waals surface area contributed by atoms with Crippen molar-refractivity contribution < 1.29 is 22.3 Å². The van der Waals surface area contributed by atoms with Crippen molar-refractivity contribution in [2.75, 3.05) is 18.6 Å². The zero-order valence-electron chi connectivity index (χ0n) is 9.35. The minimum absolute atomic E-state index is 0.0167. The van der Waals surface area contributed by atoms with E-state index in [0.717, 1.165) is 18.4 Å². The second kappa shape index (κ2) is 5.77. The second-order valence-electron chi connectivity index (χ2n) is 3.67. The molecule has 0 aliphatic rings. The van der Waals surface area contributed by atoms with Crippen LogP contribution in [-0.4, -0.2) is 33.3 Å². The SMILES string of the molecule is CS(=O)(=O)CCCOc1cc(F)cc(C=O)c1. The van der Waals surface area contributed by atoms with E-state index in [9.17, 15) is 17.6 Å². The lowest BCUT2D eigenvalue weighted by Crippen LogP contribution is -2.08. The van der Waals surface area contributed by atoms with Crippen LogP contribution >= 0.6 is 0 Å². The van der Waals surface area contributed by atoms with Crippen molar-refractivity contribution in [3.05, 3.63) is 29.6 Å². The van der Waals surface area contributed by atoms with Crippen molar-refractivity contribution in [3.8, 4) is 5.75 Å². The van der Waals surface area contributed by atoms with Crippen molar-refractivity contribution in [1.82, 2.24) is 0 Å². The first-order chi connectivity index (χ1) is 7.90. The Morgan fingerprint density at radius 3 is 2.65 bits per heavy atom. The molecule has 0 saturated carbocycles. The number of carbonyl (C=O) groups excluding carboxylic acids is 1. The van der Waals surface area contributed by atoms with Gasteiger partial charge in [0.25, 0.3) is 0 Å². The molecule has 0 amide bonds. The predicted molar refractivity (Wildman–Crippen MR) is 61.6 cm³/mol. The highest BCUT2D eigenvalue weighted by Gasteiger charge is 2.04. The number of rotatable bonds is 6. The minimum Gasteiger partial charge on any atom is -0.493 e. The summed E-state index contributed by atoms with van der Waals surface area (Å²) in [5, 5.41) is 0. The third-order valence-electron chi connectivity index (χ3n) is 1.96. The van der Waals surface area contributed by atoms with Gasteiger partial charge in [0, 0.05) is 17.9 Å². The smallest absolute Gasteiger partial charge is 0.150 e. The molecule has 0 atom stereocenters. The molecule has 0 aliphatic carbocycles.